The summed E-state index contributed by atoms with van der Waals surface area (Å²) in [5, 5.41) is 2.45. The number of carbonyl (C=O) groups excluding carboxylic acids is 8. The van der Waals surface area contributed by atoms with E-state index in [1.165, 1.54) is 0 Å². The van der Waals surface area contributed by atoms with Crippen LogP contribution in [0.4, 0.5) is 0 Å². The van der Waals surface area contributed by atoms with Crippen LogP contribution in [-0.2, 0) is 85.7 Å². The van der Waals surface area contributed by atoms with Crippen molar-refractivity contribution in [3.05, 3.63) is 0 Å². The molecule has 2 rings (SSSR count). The molecule has 0 aliphatic carbocycles. The molecule has 10 atom stereocenters. The molecule has 0 radical (unpaired) electrons. The van der Waals surface area contributed by atoms with E-state index in [2.05, 4.69) is 21.2 Å². The quantitative estimate of drug-likeness (QED) is 0.153. The lowest BCUT2D eigenvalue weighted by Gasteiger charge is -2.50. The van der Waals surface area contributed by atoms with Gasteiger partial charge in [0.2, 0.25) is 18.5 Å². The lowest BCUT2D eigenvalue weighted by Crippen LogP contribution is -2.71. The molecule has 0 aromatic rings. The van der Waals surface area contributed by atoms with Gasteiger partial charge in [0.05, 0.1) is 7.11 Å². The first-order valence-electron chi connectivity index (χ1n) is 13.8. The van der Waals surface area contributed by atoms with Crippen LogP contribution >= 0.6 is 15.9 Å². The third-order valence-corrected chi connectivity index (χ3v) is 7.21. The third kappa shape index (κ3) is 10.6. The van der Waals surface area contributed by atoms with E-state index in [0.717, 1.165) is 55.6 Å². The molecule has 264 valence electrons. The molecule has 0 aromatic heterocycles. The van der Waals surface area contributed by atoms with Gasteiger partial charge in [-0.15, -0.1) is 0 Å². The molecule has 1 N–H and O–H groups in total. The van der Waals surface area contributed by atoms with E-state index in [4.69, 9.17) is 47.4 Å². The van der Waals surface area contributed by atoms with Gasteiger partial charge in [-0.25, -0.2) is 4.79 Å². The van der Waals surface area contributed by atoms with Crippen LogP contribution in [-0.4, -0.2) is 121 Å². The van der Waals surface area contributed by atoms with Crippen LogP contribution in [0.3, 0.4) is 0 Å². The molecule has 2 aliphatic rings. The fourth-order valence-electron chi connectivity index (χ4n) is 4.75. The summed E-state index contributed by atoms with van der Waals surface area (Å²) in [5.74, 6) is -7.44. The smallest absolute Gasteiger partial charge is 0.353 e. The number of nitrogens with one attached hydrogen (secondary N) is 1. The van der Waals surface area contributed by atoms with Crippen molar-refractivity contribution in [3.8, 4) is 0 Å². The van der Waals surface area contributed by atoms with Gasteiger partial charge in [0.15, 0.2) is 24.4 Å². The summed E-state index contributed by atoms with van der Waals surface area (Å²) in [5.41, 5.74) is 0. The molecule has 0 spiro atoms. The van der Waals surface area contributed by atoms with Crippen molar-refractivity contribution in [2.45, 2.75) is 108 Å². The van der Waals surface area contributed by atoms with E-state index < -0.39 is 114 Å². The number of ether oxygens (including phenoxy) is 10. The number of hydrogen-bond acceptors (Lipinski definition) is 18. The summed E-state index contributed by atoms with van der Waals surface area (Å²) in [4.78, 5) is 98.0. The highest BCUT2D eigenvalue weighted by Gasteiger charge is 2.65. The monoisotopic (exact) mass is 741 g/mol. The Morgan fingerprint density at radius 1 is 0.660 bits per heavy atom. The SMILES string of the molecule is COC(=O)C1(Br)OC(OC2C(COC(C)=O)OC(OC(C)=O)C(NC(C)=O)C2OC(C)=O)C(OC(C)=O)C(OC(C)=O)C1OC(C)=O. The molecule has 0 aromatic carbocycles. The second-order valence-corrected chi connectivity index (χ2v) is 11.3. The summed E-state index contributed by atoms with van der Waals surface area (Å²) in [6.45, 7) is 6.52. The van der Waals surface area contributed by atoms with E-state index in [9.17, 15) is 38.4 Å². The first kappa shape index (κ1) is 39.3. The standard InChI is InChI=1S/C27H36BrNO18/c1-10(30)29-18-20(40-12(3)32)19(17(9-39-11(2)31)45-24(18)44-16(7)36)46-25-22(42-14(5)34)21(41-13(4)33)23(43-15(6)35)27(28,47-25)26(37)38-8/h17-25H,9H2,1-8H3,(H,29,30). The van der Waals surface area contributed by atoms with Crippen LogP contribution in [0.15, 0.2) is 0 Å². The summed E-state index contributed by atoms with van der Waals surface area (Å²) in [7, 11) is 0.961. The Bertz CT molecular complexity index is 1240. The van der Waals surface area contributed by atoms with Crippen LogP contribution in [0.25, 0.3) is 0 Å². The van der Waals surface area contributed by atoms with E-state index >= 15 is 0 Å². The minimum absolute atomic E-state index is 0.632. The maximum Gasteiger partial charge on any atom is 0.353 e. The minimum atomic E-state index is -2.50. The molecule has 20 heteroatoms. The molecule has 0 bridgehead atoms. The van der Waals surface area contributed by atoms with Crippen LogP contribution in [0, 0.1) is 0 Å². The van der Waals surface area contributed by atoms with Crippen molar-refractivity contribution in [2.24, 2.45) is 0 Å². The zero-order chi connectivity index (χ0) is 35.8. The average Bonchev–Trinajstić information content (AvgIpc) is 2.92. The number of hydrogen-bond donors (Lipinski definition) is 1. The van der Waals surface area contributed by atoms with Crippen LogP contribution < -0.4 is 5.32 Å². The van der Waals surface area contributed by atoms with Gasteiger partial charge in [-0.3, -0.25) is 33.6 Å². The summed E-state index contributed by atoms with van der Waals surface area (Å²) in [6.07, 6.45) is -13.9. The van der Waals surface area contributed by atoms with Crippen molar-refractivity contribution >= 4 is 63.6 Å². The zero-order valence-corrected chi connectivity index (χ0v) is 28.2. The number of methoxy groups -OCH3 is 1. The molecule has 19 nitrogen and oxygen atoms in total. The highest BCUT2D eigenvalue weighted by molar-refractivity contribution is 9.10. The van der Waals surface area contributed by atoms with Crippen LogP contribution in [0.1, 0.15) is 48.5 Å². The number of carbonyl (C=O) groups is 8. The minimum Gasteiger partial charge on any atom is -0.466 e. The molecule has 2 heterocycles. The van der Waals surface area contributed by atoms with Gasteiger partial charge in [0.25, 0.3) is 4.51 Å². The molecule has 2 fully saturated rings. The van der Waals surface area contributed by atoms with Gasteiger partial charge in [-0.2, -0.15) is 0 Å². The fourth-order valence-corrected chi connectivity index (χ4v) is 5.45. The van der Waals surface area contributed by atoms with Crippen LogP contribution in [0.5, 0.6) is 0 Å². The first-order valence-corrected chi connectivity index (χ1v) is 14.6. The highest BCUT2D eigenvalue weighted by atomic mass is 79.9. The third-order valence-electron chi connectivity index (χ3n) is 6.25. The lowest BCUT2D eigenvalue weighted by atomic mass is 9.94. The predicted molar refractivity (Wildman–Crippen MR) is 150 cm³/mol. The molecule has 47 heavy (non-hydrogen) atoms. The van der Waals surface area contributed by atoms with Gasteiger partial charge in [-0.1, -0.05) is 0 Å². The molecular weight excluding hydrogens is 706 g/mol. The first-order chi connectivity index (χ1) is 21.8. The predicted octanol–water partition coefficient (Wildman–Crippen LogP) is -0.925. The zero-order valence-electron chi connectivity index (χ0n) is 26.6. The number of halogens is 1. The van der Waals surface area contributed by atoms with Crippen molar-refractivity contribution in [2.75, 3.05) is 13.7 Å². The van der Waals surface area contributed by atoms with E-state index in [1.54, 1.807) is 0 Å². The Balaban J connectivity index is 2.81. The van der Waals surface area contributed by atoms with Crippen molar-refractivity contribution in [1.29, 1.82) is 0 Å². The molecular formula is C27H36BrNO18. The normalized spacial score (nSPS) is 31.6. The molecule has 2 aliphatic heterocycles. The van der Waals surface area contributed by atoms with Crippen molar-refractivity contribution in [1.82, 2.24) is 5.32 Å². The van der Waals surface area contributed by atoms with Crippen molar-refractivity contribution in [3.63, 3.8) is 0 Å². The van der Waals surface area contributed by atoms with Gasteiger partial charge < -0.3 is 52.7 Å². The molecule has 10 unspecified atom stereocenters. The maximum atomic E-state index is 13.1. The Kier molecular flexibility index (Phi) is 14.0. The molecule has 0 saturated carbocycles. The Morgan fingerprint density at radius 3 is 1.64 bits per heavy atom. The van der Waals surface area contributed by atoms with E-state index in [1.807, 2.05) is 0 Å². The van der Waals surface area contributed by atoms with Crippen molar-refractivity contribution < 1.29 is 85.7 Å². The second kappa shape index (κ2) is 16.8. The Hall–Kier alpha value is -3.88. The molecule has 2 saturated heterocycles. The topological polar surface area (TPSA) is 241 Å². The maximum absolute atomic E-state index is 13.1. The fraction of sp³-hybridized carbons (Fsp3) is 0.704. The molecule has 1 amide bonds. The number of esters is 7. The number of amides is 1. The summed E-state index contributed by atoms with van der Waals surface area (Å²) < 4.78 is 52.1. The highest BCUT2D eigenvalue weighted by Crippen LogP contribution is 2.42. The van der Waals surface area contributed by atoms with Gasteiger partial charge in [0, 0.05) is 48.5 Å². The van der Waals surface area contributed by atoms with E-state index in [-0.39, 0.29) is 0 Å². The lowest BCUT2D eigenvalue weighted by molar-refractivity contribution is -0.347. The summed E-state index contributed by atoms with van der Waals surface area (Å²) >= 11 is 3.06. The number of alkyl halides is 1. The van der Waals surface area contributed by atoms with Crippen LogP contribution in [0.2, 0.25) is 0 Å². The Morgan fingerprint density at radius 2 is 1.17 bits per heavy atom. The number of rotatable bonds is 11. The van der Waals surface area contributed by atoms with E-state index in [0.29, 0.717) is 0 Å². The van der Waals surface area contributed by atoms with Gasteiger partial charge in [0.1, 0.15) is 24.9 Å². The summed E-state index contributed by atoms with van der Waals surface area (Å²) in [6, 6.07) is -1.47. The van der Waals surface area contributed by atoms with Gasteiger partial charge in [-0.05, 0) is 15.9 Å². The Labute approximate surface area is 276 Å². The van der Waals surface area contributed by atoms with Gasteiger partial charge >= 0.3 is 41.8 Å². The average molecular weight is 742 g/mol. The second-order valence-electron chi connectivity index (χ2n) is 10.2. The largest absolute Gasteiger partial charge is 0.466 e.